The molecule has 0 aliphatic heterocycles. The second-order valence-corrected chi connectivity index (χ2v) is 7.36. The van der Waals surface area contributed by atoms with Gasteiger partial charge in [0.2, 0.25) is 0 Å². The molecule has 0 fully saturated rings. The third-order valence-electron chi connectivity index (χ3n) is 4.18. The van der Waals surface area contributed by atoms with E-state index >= 15 is 0 Å². The molecule has 2 aromatic carbocycles. The Balaban J connectivity index is 1.50. The molecule has 0 radical (unpaired) electrons. The minimum Gasteiger partial charge on any atom is -0.491 e. The van der Waals surface area contributed by atoms with Gasteiger partial charge in [-0.2, -0.15) is 0 Å². The second kappa shape index (κ2) is 8.68. The van der Waals surface area contributed by atoms with Crippen molar-refractivity contribution in [2.24, 2.45) is 0 Å². The van der Waals surface area contributed by atoms with Gasteiger partial charge in [0.15, 0.2) is 0 Å². The molecule has 6 heteroatoms. The molecule has 2 amide bonds. The van der Waals surface area contributed by atoms with Crippen molar-refractivity contribution >= 4 is 23.1 Å². The fourth-order valence-corrected chi connectivity index (χ4v) is 3.17. The van der Waals surface area contributed by atoms with Crippen LogP contribution >= 0.6 is 11.3 Å². The number of benzene rings is 2. The lowest BCUT2D eigenvalue weighted by Crippen LogP contribution is -2.34. The zero-order chi connectivity index (χ0) is 19.2. The van der Waals surface area contributed by atoms with E-state index in [9.17, 15) is 4.79 Å². The molecule has 0 aliphatic carbocycles. The highest BCUT2D eigenvalue weighted by Gasteiger charge is 2.10. The quantitative estimate of drug-likeness (QED) is 0.656. The Morgan fingerprint density at radius 3 is 2.56 bits per heavy atom. The Kier molecular flexibility index (Phi) is 6.08. The van der Waals surface area contributed by atoms with E-state index in [0.717, 1.165) is 33.3 Å². The number of carbonyl (C=O) groups excluding carboxylic acids is 1. The Hall–Kier alpha value is -2.86. The normalized spacial score (nSPS) is 10.5. The molecule has 5 nitrogen and oxygen atoms in total. The lowest BCUT2D eigenvalue weighted by atomic mass is 10.1. The fourth-order valence-electron chi connectivity index (χ4n) is 2.55. The van der Waals surface area contributed by atoms with Crippen molar-refractivity contribution in [1.29, 1.82) is 0 Å². The SMILES string of the molecule is Cc1nc(-c2ccc(NC(=O)N(C)CCOc3ccccc3C)cc2)cs1. The zero-order valence-electron chi connectivity index (χ0n) is 15.7. The van der Waals surface area contributed by atoms with Crippen molar-refractivity contribution in [2.45, 2.75) is 13.8 Å². The van der Waals surface area contributed by atoms with Gasteiger partial charge in [0, 0.05) is 23.7 Å². The van der Waals surface area contributed by atoms with Crippen molar-refractivity contribution in [3.63, 3.8) is 0 Å². The predicted molar refractivity (Wildman–Crippen MR) is 111 cm³/mol. The standard InChI is InChI=1S/C21H23N3O2S/c1-15-6-4-5-7-20(15)26-13-12-24(3)21(25)23-18-10-8-17(9-11-18)19-14-27-16(2)22-19/h4-11,14H,12-13H2,1-3H3,(H,23,25). The van der Waals surface area contributed by atoms with E-state index in [1.807, 2.05) is 67.8 Å². The van der Waals surface area contributed by atoms with Crippen LogP contribution in [0.3, 0.4) is 0 Å². The molecule has 1 aromatic heterocycles. The maximum Gasteiger partial charge on any atom is 0.321 e. The average Bonchev–Trinajstić information content (AvgIpc) is 3.10. The Labute approximate surface area is 163 Å². The number of aryl methyl sites for hydroxylation is 2. The van der Waals surface area contributed by atoms with Gasteiger partial charge in [0.05, 0.1) is 17.2 Å². The summed E-state index contributed by atoms with van der Waals surface area (Å²) in [5.41, 5.74) is 3.83. The first kappa shape index (κ1) is 18.9. The number of nitrogens with one attached hydrogen (secondary N) is 1. The summed E-state index contributed by atoms with van der Waals surface area (Å²) in [7, 11) is 1.75. The van der Waals surface area contributed by atoms with Gasteiger partial charge in [0.1, 0.15) is 12.4 Å². The van der Waals surface area contributed by atoms with E-state index in [4.69, 9.17) is 4.74 Å². The number of rotatable bonds is 6. The van der Waals surface area contributed by atoms with Gasteiger partial charge < -0.3 is 15.0 Å². The summed E-state index contributed by atoms with van der Waals surface area (Å²) >= 11 is 1.63. The van der Waals surface area contributed by atoms with Crippen LogP contribution in [0, 0.1) is 13.8 Å². The number of aromatic nitrogens is 1. The van der Waals surface area contributed by atoms with Crippen molar-refractivity contribution in [3.05, 3.63) is 64.5 Å². The van der Waals surface area contributed by atoms with Gasteiger partial charge in [-0.1, -0.05) is 30.3 Å². The molecule has 1 heterocycles. The highest BCUT2D eigenvalue weighted by Crippen LogP contribution is 2.23. The molecule has 3 aromatic rings. The smallest absolute Gasteiger partial charge is 0.321 e. The molecule has 140 valence electrons. The summed E-state index contributed by atoms with van der Waals surface area (Å²) in [5.74, 6) is 0.846. The van der Waals surface area contributed by atoms with Crippen LogP contribution in [0.2, 0.25) is 0 Å². The monoisotopic (exact) mass is 381 g/mol. The van der Waals surface area contributed by atoms with Crippen LogP contribution in [-0.2, 0) is 0 Å². The summed E-state index contributed by atoms with van der Waals surface area (Å²) in [6.07, 6.45) is 0. The number of anilines is 1. The second-order valence-electron chi connectivity index (χ2n) is 6.29. The van der Waals surface area contributed by atoms with E-state index in [2.05, 4.69) is 10.3 Å². The number of likely N-dealkylation sites (N-methyl/N-ethyl adjacent to an activating group) is 1. The number of carbonyl (C=O) groups is 1. The lowest BCUT2D eigenvalue weighted by Gasteiger charge is -2.18. The fraction of sp³-hybridized carbons (Fsp3) is 0.238. The van der Waals surface area contributed by atoms with E-state index in [-0.39, 0.29) is 6.03 Å². The van der Waals surface area contributed by atoms with Gasteiger partial charge >= 0.3 is 6.03 Å². The van der Waals surface area contributed by atoms with E-state index in [1.54, 1.807) is 23.3 Å². The molecule has 0 bridgehead atoms. The number of hydrogen-bond donors (Lipinski definition) is 1. The minimum absolute atomic E-state index is 0.166. The largest absolute Gasteiger partial charge is 0.491 e. The van der Waals surface area contributed by atoms with Crippen LogP contribution in [-0.4, -0.2) is 36.1 Å². The van der Waals surface area contributed by atoms with Crippen LogP contribution in [0.4, 0.5) is 10.5 Å². The molecule has 0 saturated carbocycles. The lowest BCUT2D eigenvalue weighted by molar-refractivity contribution is 0.207. The van der Waals surface area contributed by atoms with Crippen molar-refractivity contribution in [3.8, 4) is 17.0 Å². The number of para-hydroxylation sites is 1. The number of urea groups is 1. The Bertz CT molecular complexity index is 906. The first-order chi connectivity index (χ1) is 13.0. The molecule has 0 spiro atoms. The Morgan fingerprint density at radius 2 is 1.89 bits per heavy atom. The molecular weight excluding hydrogens is 358 g/mol. The van der Waals surface area contributed by atoms with Crippen LogP contribution < -0.4 is 10.1 Å². The number of thiazole rings is 1. The summed E-state index contributed by atoms with van der Waals surface area (Å²) in [6.45, 7) is 4.93. The first-order valence-corrected chi connectivity index (χ1v) is 9.64. The van der Waals surface area contributed by atoms with Crippen molar-refractivity contribution in [1.82, 2.24) is 9.88 Å². The molecule has 0 aliphatic rings. The maximum atomic E-state index is 12.3. The topological polar surface area (TPSA) is 54.5 Å². The van der Waals surface area contributed by atoms with E-state index < -0.39 is 0 Å². The summed E-state index contributed by atoms with van der Waals surface area (Å²) in [4.78, 5) is 18.4. The molecule has 0 unspecified atom stereocenters. The van der Waals surface area contributed by atoms with Gasteiger partial charge in [-0.3, -0.25) is 0 Å². The van der Waals surface area contributed by atoms with Crippen LogP contribution in [0.5, 0.6) is 5.75 Å². The highest BCUT2D eigenvalue weighted by molar-refractivity contribution is 7.09. The average molecular weight is 382 g/mol. The van der Waals surface area contributed by atoms with Gasteiger partial charge in [0.25, 0.3) is 0 Å². The maximum absolute atomic E-state index is 12.3. The number of nitrogens with zero attached hydrogens (tertiary/aromatic N) is 2. The molecule has 1 N–H and O–H groups in total. The molecule has 27 heavy (non-hydrogen) atoms. The molecule has 0 saturated heterocycles. The van der Waals surface area contributed by atoms with Crippen LogP contribution in [0.15, 0.2) is 53.9 Å². The van der Waals surface area contributed by atoms with Crippen LogP contribution in [0.1, 0.15) is 10.6 Å². The van der Waals surface area contributed by atoms with Crippen LogP contribution in [0.25, 0.3) is 11.3 Å². The Morgan fingerprint density at radius 1 is 1.15 bits per heavy atom. The first-order valence-electron chi connectivity index (χ1n) is 8.76. The molecule has 3 rings (SSSR count). The zero-order valence-corrected chi connectivity index (χ0v) is 16.5. The highest BCUT2D eigenvalue weighted by atomic mass is 32.1. The summed E-state index contributed by atoms with van der Waals surface area (Å²) in [5, 5.41) is 5.97. The molecule has 0 atom stereocenters. The summed E-state index contributed by atoms with van der Waals surface area (Å²) < 4.78 is 5.75. The van der Waals surface area contributed by atoms with Gasteiger partial charge in [-0.05, 0) is 37.6 Å². The number of ether oxygens (including phenoxy) is 1. The molecular formula is C21H23N3O2S. The third-order valence-corrected chi connectivity index (χ3v) is 4.95. The minimum atomic E-state index is -0.166. The van der Waals surface area contributed by atoms with Gasteiger partial charge in [-0.25, -0.2) is 9.78 Å². The predicted octanol–water partition coefficient (Wildman–Crippen LogP) is 4.97. The van der Waals surface area contributed by atoms with E-state index in [0.29, 0.717) is 13.2 Å². The third kappa shape index (κ3) is 5.08. The van der Waals surface area contributed by atoms with Crippen molar-refractivity contribution in [2.75, 3.05) is 25.5 Å². The number of amides is 2. The van der Waals surface area contributed by atoms with Crippen molar-refractivity contribution < 1.29 is 9.53 Å². The number of hydrogen-bond acceptors (Lipinski definition) is 4. The van der Waals surface area contributed by atoms with E-state index in [1.165, 1.54) is 0 Å². The van der Waals surface area contributed by atoms with Gasteiger partial charge in [-0.15, -0.1) is 11.3 Å². The summed E-state index contributed by atoms with van der Waals surface area (Å²) in [6, 6.07) is 15.4.